The van der Waals surface area contributed by atoms with Crippen molar-refractivity contribution in [1.29, 1.82) is 0 Å². The highest BCUT2D eigenvalue weighted by Gasteiger charge is 2.34. The minimum absolute atomic E-state index is 0.0646. The molecule has 1 saturated heterocycles. The molecule has 2 amide bonds. The summed E-state index contributed by atoms with van der Waals surface area (Å²) < 4.78 is 17.3. The van der Waals surface area contributed by atoms with Gasteiger partial charge in [-0.05, 0) is 69.5 Å². The second kappa shape index (κ2) is 8.39. The first kappa shape index (κ1) is 20.1. The minimum Gasteiger partial charge on any atom is -0.488 e. The number of hydrogen-bond donors (Lipinski definition) is 1. The largest absolute Gasteiger partial charge is 0.488 e. The summed E-state index contributed by atoms with van der Waals surface area (Å²) in [5.41, 5.74) is 4.90. The Bertz CT molecular complexity index is 1240. The Morgan fingerprint density at radius 1 is 1.00 bits per heavy atom. The number of rotatable bonds is 5. The van der Waals surface area contributed by atoms with Crippen LogP contribution in [0.15, 0.2) is 76.8 Å². The van der Waals surface area contributed by atoms with Crippen LogP contribution in [-0.4, -0.2) is 18.6 Å². The number of amides is 2. The Morgan fingerprint density at radius 2 is 1.81 bits per heavy atom. The summed E-state index contributed by atoms with van der Waals surface area (Å²) in [6, 6.07) is 20.0. The number of nitrogens with zero attached hydrogens (tertiary/aromatic N) is 1. The highest BCUT2D eigenvalue weighted by Crippen LogP contribution is 2.33. The van der Waals surface area contributed by atoms with Gasteiger partial charge in [0.15, 0.2) is 11.5 Å². The van der Waals surface area contributed by atoms with Gasteiger partial charge < -0.3 is 14.2 Å². The van der Waals surface area contributed by atoms with Crippen LogP contribution >= 0.6 is 15.9 Å². The van der Waals surface area contributed by atoms with Crippen LogP contribution in [0.3, 0.4) is 0 Å². The fraction of sp³-hybridized carbons (Fsp3) is 0.0833. The molecule has 160 valence electrons. The summed E-state index contributed by atoms with van der Waals surface area (Å²) in [6.07, 6.45) is 1.56. The molecule has 2 aliphatic heterocycles. The van der Waals surface area contributed by atoms with Crippen molar-refractivity contribution in [3.8, 4) is 17.2 Å². The average molecular weight is 493 g/mol. The number of halogens is 1. The van der Waals surface area contributed by atoms with E-state index in [9.17, 15) is 9.59 Å². The van der Waals surface area contributed by atoms with Crippen LogP contribution in [0, 0.1) is 0 Å². The fourth-order valence-electron chi connectivity index (χ4n) is 3.40. The van der Waals surface area contributed by atoms with Gasteiger partial charge in [-0.25, -0.2) is 5.01 Å². The smallest absolute Gasteiger partial charge is 0.282 e. The predicted molar refractivity (Wildman–Crippen MR) is 121 cm³/mol. The molecule has 1 N–H and O–H groups in total. The summed E-state index contributed by atoms with van der Waals surface area (Å²) in [5, 5.41) is 1.24. The van der Waals surface area contributed by atoms with Gasteiger partial charge in [0.05, 0.1) is 10.2 Å². The zero-order valence-electron chi connectivity index (χ0n) is 16.7. The van der Waals surface area contributed by atoms with Crippen LogP contribution in [0.5, 0.6) is 17.2 Å². The van der Waals surface area contributed by atoms with E-state index in [1.807, 2.05) is 24.3 Å². The first-order valence-corrected chi connectivity index (χ1v) is 10.6. The van der Waals surface area contributed by atoms with E-state index < -0.39 is 11.8 Å². The van der Waals surface area contributed by atoms with Crippen LogP contribution in [0.25, 0.3) is 6.08 Å². The van der Waals surface area contributed by atoms with Crippen LogP contribution in [-0.2, 0) is 16.2 Å². The highest BCUT2D eigenvalue weighted by molar-refractivity contribution is 9.10. The van der Waals surface area contributed by atoms with Gasteiger partial charge in [0.1, 0.15) is 17.9 Å². The zero-order valence-corrected chi connectivity index (χ0v) is 18.3. The SMILES string of the molecule is O=C1NN(c2ccccc2)C(=O)/C1=C\c1ccc(OCc2ccc3c(c2)OCO3)c(Br)c1. The highest BCUT2D eigenvalue weighted by atomic mass is 79.9. The molecule has 0 bridgehead atoms. The van der Waals surface area contributed by atoms with E-state index in [-0.39, 0.29) is 12.4 Å². The number of hydrazine groups is 1. The van der Waals surface area contributed by atoms with Crippen molar-refractivity contribution >= 4 is 39.5 Å². The second-order valence-electron chi connectivity index (χ2n) is 7.14. The van der Waals surface area contributed by atoms with E-state index in [0.717, 1.165) is 11.3 Å². The second-order valence-corrected chi connectivity index (χ2v) is 8.00. The molecule has 0 aliphatic carbocycles. The number of para-hydroxylation sites is 1. The number of nitrogens with one attached hydrogen (secondary N) is 1. The molecule has 0 spiro atoms. The van der Waals surface area contributed by atoms with Crippen molar-refractivity contribution in [2.24, 2.45) is 0 Å². The van der Waals surface area contributed by atoms with Crippen molar-refractivity contribution in [3.05, 3.63) is 87.9 Å². The molecule has 0 saturated carbocycles. The Morgan fingerprint density at radius 3 is 2.62 bits per heavy atom. The maximum atomic E-state index is 12.7. The lowest BCUT2D eigenvalue weighted by atomic mass is 10.1. The summed E-state index contributed by atoms with van der Waals surface area (Å²) in [7, 11) is 0. The molecule has 0 radical (unpaired) electrons. The van der Waals surface area contributed by atoms with Gasteiger partial charge in [0.2, 0.25) is 6.79 Å². The van der Waals surface area contributed by atoms with Gasteiger partial charge in [0.25, 0.3) is 11.8 Å². The maximum absolute atomic E-state index is 12.7. The lowest BCUT2D eigenvalue weighted by Crippen LogP contribution is -2.35. The maximum Gasteiger partial charge on any atom is 0.282 e. The summed E-state index contributed by atoms with van der Waals surface area (Å²) >= 11 is 3.50. The molecule has 3 aromatic rings. The van der Waals surface area contributed by atoms with Crippen LogP contribution < -0.4 is 24.6 Å². The van der Waals surface area contributed by atoms with Crippen molar-refractivity contribution in [1.82, 2.24) is 5.43 Å². The third-order valence-corrected chi connectivity index (χ3v) is 5.62. The molecular formula is C24H17BrN2O5. The number of anilines is 1. The third-order valence-electron chi connectivity index (χ3n) is 5.00. The Labute approximate surface area is 192 Å². The molecule has 0 unspecified atom stereocenters. The van der Waals surface area contributed by atoms with Crippen molar-refractivity contribution in [3.63, 3.8) is 0 Å². The van der Waals surface area contributed by atoms with E-state index in [4.69, 9.17) is 14.2 Å². The molecule has 32 heavy (non-hydrogen) atoms. The minimum atomic E-state index is -0.446. The van der Waals surface area contributed by atoms with Crippen molar-refractivity contribution in [2.75, 3.05) is 11.8 Å². The first-order chi connectivity index (χ1) is 15.6. The van der Waals surface area contributed by atoms with Gasteiger partial charge in [0, 0.05) is 0 Å². The lowest BCUT2D eigenvalue weighted by Gasteiger charge is -2.13. The number of carbonyl (C=O) groups excluding carboxylic acids is 2. The monoisotopic (exact) mass is 492 g/mol. The van der Waals surface area contributed by atoms with Crippen molar-refractivity contribution < 1.29 is 23.8 Å². The lowest BCUT2D eigenvalue weighted by molar-refractivity contribution is -0.117. The van der Waals surface area contributed by atoms with Gasteiger partial charge in [-0.3, -0.25) is 15.0 Å². The summed E-state index contributed by atoms with van der Waals surface area (Å²) in [5.74, 6) is 1.22. The Balaban J connectivity index is 1.30. The van der Waals surface area contributed by atoms with Crippen LogP contribution in [0.4, 0.5) is 5.69 Å². The third kappa shape index (κ3) is 3.92. The van der Waals surface area contributed by atoms with Gasteiger partial charge in [-0.1, -0.05) is 30.3 Å². The molecule has 2 aliphatic rings. The van der Waals surface area contributed by atoms with Gasteiger partial charge >= 0.3 is 0 Å². The first-order valence-electron chi connectivity index (χ1n) is 9.81. The van der Waals surface area contributed by atoms with Gasteiger partial charge in [-0.15, -0.1) is 0 Å². The molecule has 2 heterocycles. The van der Waals surface area contributed by atoms with Crippen LogP contribution in [0.2, 0.25) is 0 Å². The van der Waals surface area contributed by atoms with Crippen molar-refractivity contribution in [2.45, 2.75) is 6.61 Å². The fourth-order valence-corrected chi connectivity index (χ4v) is 3.91. The zero-order chi connectivity index (χ0) is 22.1. The molecule has 5 rings (SSSR count). The molecule has 1 fully saturated rings. The average Bonchev–Trinajstić information content (AvgIpc) is 3.38. The predicted octanol–water partition coefficient (Wildman–Crippen LogP) is 4.22. The number of benzene rings is 3. The van der Waals surface area contributed by atoms with E-state index in [2.05, 4.69) is 21.4 Å². The normalized spacial score (nSPS) is 15.9. The molecule has 0 atom stereocenters. The summed E-state index contributed by atoms with van der Waals surface area (Å²) in [6.45, 7) is 0.578. The number of ether oxygens (including phenoxy) is 3. The van der Waals surface area contributed by atoms with E-state index in [0.29, 0.717) is 33.8 Å². The van der Waals surface area contributed by atoms with E-state index >= 15 is 0 Å². The molecular weight excluding hydrogens is 476 g/mol. The van der Waals surface area contributed by atoms with E-state index in [1.54, 1.807) is 48.5 Å². The number of hydrogen-bond acceptors (Lipinski definition) is 5. The molecule has 3 aromatic carbocycles. The Hall–Kier alpha value is -3.78. The molecule has 8 heteroatoms. The summed E-state index contributed by atoms with van der Waals surface area (Å²) in [4.78, 5) is 25.1. The van der Waals surface area contributed by atoms with Gasteiger partial charge in [-0.2, -0.15) is 0 Å². The standard InChI is InChI=1S/C24H17BrN2O5/c25-19-11-15(10-18-23(28)26-27(24(18)29)17-4-2-1-3-5-17)6-8-20(19)30-13-16-7-9-21-22(12-16)32-14-31-21/h1-12H,13-14H2,(H,26,28)/b18-10-. The molecule has 0 aromatic heterocycles. The van der Waals surface area contributed by atoms with E-state index in [1.165, 1.54) is 5.01 Å². The number of carbonyl (C=O) groups is 2. The van der Waals surface area contributed by atoms with Crippen LogP contribution in [0.1, 0.15) is 11.1 Å². The molecule has 7 nitrogen and oxygen atoms in total. The number of fused-ring (bicyclic) bond motifs is 1. The topological polar surface area (TPSA) is 77.1 Å². The quantitative estimate of drug-likeness (QED) is 0.426. The Kier molecular flexibility index (Phi) is 5.28.